The first kappa shape index (κ1) is 14.6. The lowest BCUT2D eigenvalue weighted by Crippen LogP contribution is -2.11. The lowest BCUT2D eigenvalue weighted by Gasteiger charge is -2.07. The second-order valence-corrected chi connectivity index (χ2v) is 8.78. The van der Waals surface area contributed by atoms with E-state index in [9.17, 15) is 18.3 Å². The number of carboxylic acid groups (broad SMARTS) is 1. The van der Waals surface area contributed by atoms with Gasteiger partial charge in [-0.1, -0.05) is 11.6 Å². The molecule has 1 fully saturated rings. The topological polar surface area (TPSA) is 89.3 Å². The predicted octanol–water partition coefficient (Wildman–Crippen LogP) is 2.32. The molecule has 1 unspecified atom stereocenters. The quantitative estimate of drug-likeness (QED) is 0.921. The van der Waals surface area contributed by atoms with Gasteiger partial charge in [-0.3, -0.25) is 4.68 Å². The average Bonchev–Trinajstić information content (AvgIpc) is 3.06. The normalized spacial score (nSPS) is 20.7. The summed E-state index contributed by atoms with van der Waals surface area (Å²) in [4.78, 5) is 12.0. The molecule has 0 spiro atoms. The Balaban J connectivity index is 2.03. The first-order valence-corrected chi connectivity index (χ1v) is 9.16. The highest BCUT2D eigenvalue weighted by atomic mass is 35.5. The number of carboxylic acids is 1. The summed E-state index contributed by atoms with van der Waals surface area (Å²) in [5, 5.41) is 13.6. The van der Waals surface area contributed by atoms with Gasteiger partial charge in [0.25, 0.3) is 0 Å². The van der Waals surface area contributed by atoms with Crippen molar-refractivity contribution in [3.05, 3.63) is 28.2 Å². The molecule has 0 aromatic carbocycles. The van der Waals surface area contributed by atoms with Crippen LogP contribution < -0.4 is 0 Å². The minimum absolute atomic E-state index is 0.00161. The van der Waals surface area contributed by atoms with Crippen LogP contribution in [-0.4, -0.2) is 40.8 Å². The lowest BCUT2D eigenvalue weighted by atomic mass is 10.2. The first-order chi connectivity index (χ1) is 9.85. The van der Waals surface area contributed by atoms with Crippen LogP contribution in [0.25, 0.3) is 10.6 Å². The van der Waals surface area contributed by atoms with Gasteiger partial charge in [-0.2, -0.15) is 5.10 Å². The molecule has 2 aromatic rings. The highest BCUT2D eigenvalue weighted by molar-refractivity contribution is 7.91. The van der Waals surface area contributed by atoms with Crippen LogP contribution in [0.4, 0.5) is 0 Å². The number of sulfone groups is 1. The summed E-state index contributed by atoms with van der Waals surface area (Å²) in [5.41, 5.74) is 0.376. The molecule has 2 aromatic heterocycles. The van der Waals surface area contributed by atoms with E-state index in [0.29, 0.717) is 21.3 Å². The maximum absolute atomic E-state index is 11.5. The average molecular weight is 347 g/mol. The number of hydrogen-bond acceptors (Lipinski definition) is 5. The zero-order valence-corrected chi connectivity index (χ0v) is 13.1. The largest absolute Gasteiger partial charge is 0.478 e. The zero-order valence-electron chi connectivity index (χ0n) is 10.7. The molecule has 0 radical (unpaired) electrons. The lowest BCUT2D eigenvalue weighted by molar-refractivity contribution is 0.0697. The molecule has 0 saturated carbocycles. The molecular weight excluding hydrogens is 336 g/mol. The number of halogens is 1. The van der Waals surface area contributed by atoms with Gasteiger partial charge in [-0.05, 0) is 18.6 Å². The van der Waals surface area contributed by atoms with Gasteiger partial charge >= 0.3 is 5.97 Å². The van der Waals surface area contributed by atoms with Crippen molar-refractivity contribution in [2.24, 2.45) is 0 Å². The molecular formula is C12H11ClN2O4S2. The summed E-state index contributed by atoms with van der Waals surface area (Å²) in [5.74, 6) is -0.986. The van der Waals surface area contributed by atoms with Gasteiger partial charge in [0.15, 0.2) is 9.84 Å². The number of aromatic nitrogens is 2. The molecule has 1 atom stereocenters. The monoisotopic (exact) mass is 346 g/mol. The highest BCUT2D eigenvalue weighted by Gasteiger charge is 2.31. The van der Waals surface area contributed by atoms with Crippen molar-refractivity contribution in [2.45, 2.75) is 12.5 Å². The number of aromatic carboxylic acids is 1. The summed E-state index contributed by atoms with van der Waals surface area (Å²) >= 11 is 7.11. The van der Waals surface area contributed by atoms with Gasteiger partial charge < -0.3 is 5.11 Å². The van der Waals surface area contributed by atoms with E-state index in [2.05, 4.69) is 5.10 Å². The van der Waals surface area contributed by atoms with E-state index in [-0.39, 0.29) is 23.1 Å². The number of carbonyl (C=O) groups is 1. The van der Waals surface area contributed by atoms with Crippen molar-refractivity contribution in [1.82, 2.24) is 9.78 Å². The summed E-state index contributed by atoms with van der Waals surface area (Å²) < 4.78 is 25.1. The van der Waals surface area contributed by atoms with Crippen LogP contribution >= 0.6 is 22.9 Å². The number of rotatable bonds is 3. The summed E-state index contributed by atoms with van der Waals surface area (Å²) in [6.45, 7) is 0. The second kappa shape index (κ2) is 5.11. The molecule has 0 amide bonds. The van der Waals surface area contributed by atoms with Gasteiger partial charge in [0.05, 0.1) is 26.8 Å². The van der Waals surface area contributed by atoms with Gasteiger partial charge in [0.2, 0.25) is 0 Å². The molecule has 9 heteroatoms. The minimum Gasteiger partial charge on any atom is -0.478 e. The van der Waals surface area contributed by atoms with Crippen molar-refractivity contribution in [2.75, 3.05) is 11.5 Å². The van der Waals surface area contributed by atoms with E-state index in [1.54, 1.807) is 12.1 Å². The maximum Gasteiger partial charge on any atom is 0.339 e. The first-order valence-electron chi connectivity index (χ1n) is 6.14. The van der Waals surface area contributed by atoms with Gasteiger partial charge in [0, 0.05) is 6.20 Å². The van der Waals surface area contributed by atoms with E-state index < -0.39 is 15.8 Å². The van der Waals surface area contributed by atoms with Crippen molar-refractivity contribution >= 4 is 38.7 Å². The predicted molar refractivity (Wildman–Crippen MR) is 79.8 cm³/mol. The maximum atomic E-state index is 11.5. The Kier molecular flexibility index (Phi) is 3.54. The number of thiophene rings is 1. The van der Waals surface area contributed by atoms with Crippen molar-refractivity contribution in [1.29, 1.82) is 0 Å². The third-order valence-corrected chi connectivity index (χ3v) is 6.34. The van der Waals surface area contributed by atoms with E-state index in [0.717, 1.165) is 0 Å². The molecule has 1 saturated heterocycles. The Morgan fingerprint density at radius 2 is 2.24 bits per heavy atom. The molecule has 6 nitrogen and oxygen atoms in total. The van der Waals surface area contributed by atoms with Gasteiger partial charge in [0.1, 0.15) is 11.3 Å². The van der Waals surface area contributed by atoms with Gasteiger partial charge in [-0.15, -0.1) is 11.3 Å². The van der Waals surface area contributed by atoms with E-state index >= 15 is 0 Å². The van der Waals surface area contributed by atoms with Crippen molar-refractivity contribution in [3.63, 3.8) is 0 Å². The third-order valence-electron chi connectivity index (χ3n) is 3.35. The van der Waals surface area contributed by atoms with Crippen LogP contribution in [0.5, 0.6) is 0 Å². The fourth-order valence-corrected chi connectivity index (χ4v) is 5.09. The van der Waals surface area contributed by atoms with Crippen LogP contribution in [0, 0.1) is 0 Å². The molecule has 1 N–H and O–H groups in total. The van der Waals surface area contributed by atoms with E-state index in [1.807, 2.05) is 0 Å². The van der Waals surface area contributed by atoms with E-state index in [1.165, 1.54) is 22.2 Å². The highest BCUT2D eigenvalue weighted by Crippen LogP contribution is 2.33. The summed E-state index contributed by atoms with van der Waals surface area (Å²) in [6, 6.07) is 3.07. The number of hydrogen-bond donors (Lipinski definition) is 1. The smallest absolute Gasteiger partial charge is 0.339 e. The summed E-state index contributed by atoms with van der Waals surface area (Å²) in [6.07, 6.45) is 1.85. The Hall–Kier alpha value is -1.38. The van der Waals surface area contributed by atoms with Crippen LogP contribution in [0.3, 0.4) is 0 Å². The van der Waals surface area contributed by atoms with Crippen LogP contribution in [0.15, 0.2) is 18.3 Å². The molecule has 21 heavy (non-hydrogen) atoms. The van der Waals surface area contributed by atoms with Crippen LogP contribution in [0.1, 0.15) is 22.8 Å². The second-order valence-electron chi connectivity index (χ2n) is 4.84. The van der Waals surface area contributed by atoms with Crippen molar-refractivity contribution in [3.8, 4) is 10.6 Å². The van der Waals surface area contributed by atoms with Gasteiger partial charge in [-0.25, -0.2) is 13.2 Å². The standard InChI is InChI=1S/C12H11ClN2O4S2/c13-10-2-1-9(20-10)11-8(12(16)17)5-15(14-11)7-3-4-21(18,19)6-7/h1-2,5,7H,3-4,6H2,(H,16,17). The van der Waals surface area contributed by atoms with Crippen LogP contribution in [-0.2, 0) is 9.84 Å². The zero-order chi connectivity index (χ0) is 15.2. The Morgan fingerprint density at radius 1 is 1.48 bits per heavy atom. The van der Waals surface area contributed by atoms with Crippen LogP contribution in [0.2, 0.25) is 4.34 Å². The Morgan fingerprint density at radius 3 is 2.76 bits per heavy atom. The molecule has 112 valence electrons. The summed E-state index contributed by atoms with van der Waals surface area (Å²) in [7, 11) is -3.05. The van der Waals surface area contributed by atoms with E-state index in [4.69, 9.17) is 11.6 Å². The minimum atomic E-state index is -3.05. The Bertz CT molecular complexity index is 809. The molecule has 1 aliphatic rings. The molecule has 0 aliphatic carbocycles. The fraction of sp³-hybridized carbons (Fsp3) is 0.333. The molecule has 1 aliphatic heterocycles. The van der Waals surface area contributed by atoms with Crippen molar-refractivity contribution < 1.29 is 18.3 Å². The molecule has 3 rings (SSSR count). The SMILES string of the molecule is O=C(O)c1cn(C2CCS(=O)(=O)C2)nc1-c1ccc(Cl)s1. The Labute approximate surface area is 129 Å². The number of nitrogens with zero attached hydrogens (tertiary/aromatic N) is 2. The third kappa shape index (κ3) is 2.83. The fourth-order valence-electron chi connectivity index (χ4n) is 2.34. The molecule has 3 heterocycles. The molecule has 0 bridgehead atoms.